The van der Waals surface area contributed by atoms with Crippen molar-refractivity contribution >= 4 is 11.6 Å². The van der Waals surface area contributed by atoms with Crippen LogP contribution in [0.25, 0.3) is 5.69 Å². The van der Waals surface area contributed by atoms with Crippen molar-refractivity contribution in [3.63, 3.8) is 0 Å². The second-order valence-electron chi connectivity index (χ2n) is 3.75. The molecule has 0 amide bonds. The van der Waals surface area contributed by atoms with Gasteiger partial charge in [0.2, 0.25) is 0 Å². The topological polar surface area (TPSA) is 17.8 Å². The van der Waals surface area contributed by atoms with Gasteiger partial charge in [0.25, 0.3) is 0 Å². The molecule has 0 bridgehead atoms. The second kappa shape index (κ2) is 5.17. The highest BCUT2D eigenvalue weighted by atomic mass is 35.5. The highest BCUT2D eigenvalue weighted by molar-refractivity contribution is 6.17. The Hall–Kier alpha value is -1.28. The summed E-state index contributed by atoms with van der Waals surface area (Å²) in [5, 5.41) is 4.41. The van der Waals surface area contributed by atoms with E-state index in [1.54, 1.807) is 0 Å². The maximum absolute atomic E-state index is 5.92. The van der Waals surface area contributed by atoms with Crippen LogP contribution in [0.3, 0.4) is 0 Å². The Morgan fingerprint density at radius 1 is 1.25 bits per heavy atom. The van der Waals surface area contributed by atoms with E-state index in [0.29, 0.717) is 5.88 Å². The third-order valence-electron chi connectivity index (χ3n) is 2.59. The number of rotatable bonds is 4. The van der Waals surface area contributed by atoms with Gasteiger partial charge in [-0.15, -0.1) is 11.6 Å². The molecule has 0 spiro atoms. The van der Waals surface area contributed by atoms with Crippen LogP contribution in [0.15, 0.2) is 36.5 Å². The van der Waals surface area contributed by atoms with Crippen molar-refractivity contribution in [1.29, 1.82) is 0 Å². The fourth-order valence-corrected chi connectivity index (χ4v) is 2.04. The fraction of sp³-hybridized carbons (Fsp3) is 0.308. The van der Waals surface area contributed by atoms with Crippen molar-refractivity contribution in [2.75, 3.05) is 0 Å². The van der Waals surface area contributed by atoms with Gasteiger partial charge < -0.3 is 0 Å². The van der Waals surface area contributed by atoms with Crippen LogP contribution in [-0.2, 0) is 12.3 Å². The highest BCUT2D eigenvalue weighted by Crippen LogP contribution is 2.18. The fourth-order valence-electron chi connectivity index (χ4n) is 1.81. The van der Waals surface area contributed by atoms with Crippen LogP contribution in [0.5, 0.6) is 0 Å². The Morgan fingerprint density at radius 2 is 2.00 bits per heavy atom. The first-order chi connectivity index (χ1) is 7.86. The number of halogens is 1. The maximum atomic E-state index is 5.92. The molecule has 2 nitrogen and oxygen atoms in total. The molecule has 1 aromatic carbocycles. The summed E-state index contributed by atoms with van der Waals surface area (Å²) in [6.45, 7) is 2.17. The van der Waals surface area contributed by atoms with Gasteiger partial charge in [-0.25, -0.2) is 4.68 Å². The molecule has 84 valence electrons. The van der Waals surface area contributed by atoms with Crippen molar-refractivity contribution in [1.82, 2.24) is 9.78 Å². The molecule has 0 saturated heterocycles. The number of nitrogens with zero attached hydrogens (tertiary/aromatic N) is 2. The average Bonchev–Trinajstić information content (AvgIpc) is 2.74. The molecule has 2 aromatic rings. The van der Waals surface area contributed by atoms with Crippen LogP contribution in [0.4, 0.5) is 0 Å². The van der Waals surface area contributed by atoms with E-state index in [1.165, 1.54) is 5.69 Å². The molecule has 0 aliphatic heterocycles. The number of para-hydroxylation sites is 1. The predicted molar refractivity (Wildman–Crippen MR) is 67.1 cm³/mol. The lowest BCUT2D eigenvalue weighted by atomic mass is 10.2. The molecule has 0 atom stereocenters. The molecule has 0 aliphatic carbocycles. The van der Waals surface area contributed by atoms with E-state index in [9.17, 15) is 0 Å². The first-order valence-electron chi connectivity index (χ1n) is 5.54. The monoisotopic (exact) mass is 234 g/mol. The zero-order valence-electron chi connectivity index (χ0n) is 9.36. The number of aromatic nitrogens is 2. The SMILES string of the molecule is CCCc1c(CCl)cnn1-c1ccccc1. The third kappa shape index (κ3) is 2.12. The van der Waals surface area contributed by atoms with Crippen LogP contribution in [0, 0.1) is 0 Å². The molecule has 0 aliphatic rings. The third-order valence-corrected chi connectivity index (χ3v) is 2.87. The van der Waals surface area contributed by atoms with E-state index in [1.807, 2.05) is 29.1 Å². The molecule has 0 saturated carbocycles. The lowest BCUT2D eigenvalue weighted by Crippen LogP contribution is -2.03. The molecule has 1 heterocycles. The Bertz CT molecular complexity index is 448. The smallest absolute Gasteiger partial charge is 0.0648 e. The van der Waals surface area contributed by atoms with Gasteiger partial charge in [0.1, 0.15) is 0 Å². The van der Waals surface area contributed by atoms with Crippen molar-refractivity contribution < 1.29 is 0 Å². The van der Waals surface area contributed by atoms with E-state index in [0.717, 1.165) is 24.1 Å². The zero-order chi connectivity index (χ0) is 11.4. The number of alkyl halides is 1. The summed E-state index contributed by atoms with van der Waals surface area (Å²) in [7, 11) is 0. The zero-order valence-corrected chi connectivity index (χ0v) is 10.1. The van der Waals surface area contributed by atoms with Gasteiger partial charge in [0, 0.05) is 11.3 Å². The first-order valence-corrected chi connectivity index (χ1v) is 6.07. The van der Waals surface area contributed by atoms with Crippen molar-refractivity contribution in [2.24, 2.45) is 0 Å². The van der Waals surface area contributed by atoms with Crippen LogP contribution in [0.1, 0.15) is 24.6 Å². The van der Waals surface area contributed by atoms with Gasteiger partial charge in [-0.3, -0.25) is 0 Å². The molecule has 3 heteroatoms. The quantitative estimate of drug-likeness (QED) is 0.740. The van der Waals surface area contributed by atoms with E-state index in [2.05, 4.69) is 24.2 Å². The van der Waals surface area contributed by atoms with Gasteiger partial charge in [-0.2, -0.15) is 5.10 Å². The van der Waals surface area contributed by atoms with Crippen LogP contribution < -0.4 is 0 Å². The Kier molecular flexibility index (Phi) is 3.62. The summed E-state index contributed by atoms with van der Waals surface area (Å²) in [6.07, 6.45) is 3.98. The van der Waals surface area contributed by atoms with Crippen LogP contribution >= 0.6 is 11.6 Å². The maximum Gasteiger partial charge on any atom is 0.0648 e. The molecule has 0 radical (unpaired) electrons. The normalized spacial score (nSPS) is 10.6. The van der Waals surface area contributed by atoms with Crippen molar-refractivity contribution in [2.45, 2.75) is 25.6 Å². The minimum absolute atomic E-state index is 0.530. The summed E-state index contributed by atoms with van der Waals surface area (Å²) in [5.74, 6) is 0.530. The molecule has 0 unspecified atom stereocenters. The van der Waals surface area contributed by atoms with E-state index >= 15 is 0 Å². The van der Waals surface area contributed by atoms with Gasteiger partial charge >= 0.3 is 0 Å². The largest absolute Gasteiger partial charge is 0.238 e. The summed E-state index contributed by atoms with van der Waals surface area (Å²) in [6, 6.07) is 10.2. The number of hydrogen-bond acceptors (Lipinski definition) is 1. The van der Waals surface area contributed by atoms with Crippen molar-refractivity contribution in [3.05, 3.63) is 47.8 Å². The molecule has 0 fully saturated rings. The van der Waals surface area contributed by atoms with Gasteiger partial charge in [-0.05, 0) is 18.6 Å². The van der Waals surface area contributed by atoms with Gasteiger partial charge in [0.15, 0.2) is 0 Å². The molecule has 16 heavy (non-hydrogen) atoms. The Morgan fingerprint density at radius 3 is 2.62 bits per heavy atom. The lowest BCUT2D eigenvalue weighted by Gasteiger charge is -2.07. The molecular formula is C13H15ClN2. The average molecular weight is 235 g/mol. The predicted octanol–water partition coefficient (Wildman–Crippen LogP) is 3.56. The van der Waals surface area contributed by atoms with Crippen LogP contribution in [0.2, 0.25) is 0 Å². The van der Waals surface area contributed by atoms with Crippen LogP contribution in [-0.4, -0.2) is 9.78 Å². The number of hydrogen-bond donors (Lipinski definition) is 0. The molecular weight excluding hydrogens is 220 g/mol. The second-order valence-corrected chi connectivity index (χ2v) is 4.01. The minimum atomic E-state index is 0.530. The minimum Gasteiger partial charge on any atom is -0.238 e. The van der Waals surface area contributed by atoms with Gasteiger partial charge in [0.05, 0.1) is 17.8 Å². The van der Waals surface area contributed by atoms with Gasteiger partial charge in [-0.1, -0.05) is 31.5 Å². The summed E-state index contributed by atoms with van der Waals surface area (Å²) >= 11 is 5.92. The summed E-state index contributed by atoms with van der Waals surface area (Å²) in [5.41, 5.74) is 3.46. The lowest BCUT2D eigenvalue weighted by molar-refractivity contribution is 0.771. The summed E-state index contributed by atoms with van der Waals surface area (Å²) < 4.78 is 1.99. The van der Waals surface area contributed by atoms with E-state index in [4.69, 9.17) is 11.6 Å². The van der Waals surface area contributed by atoms with E-state index < -0.39 is 0 Å². The standard InChI is InChI=1S/C13H15ClN2/c1-2-6-13-11(9-14)10-15-16(13)12-7-4-3-5-8-12/h3-5,7-8,10H,2,6,9H2,1H3. The summed E-state index contributed by atoms with van der Waals surface area (Å²) in [4.78, 5) is 0. The molecule has 2 rings (SSSR count). The Balaban J connectivity index is 2.44. The van der Waals surface area contributed by atoms with E-state index in [-0.39, 0.29) is 0 Å². The molecule has 1 aromatic heterocycles. The van der Waals surface area contributed by atoms with Crippen molar-refractivity contribution in [3.8, 4) is 5.69 Å². The molecule has 0 N–H and O–H groups in total. The highest BCUT2D eigenvalue weighted by Gasteiger charge is 2.09. The first kappa shape index (κ1) is 11.2. The number of benzene rings is 1. The Labute approximate surface area is 101 Å².